The number of hydrogen-bond donors (Lipinski definition) is 2. The Bertz CT molecular complexity index is 386. The molecule has 1 fully saturated rings. The molecular weight excluding hydrogens is 312 g/mol. The van der Waals surface area contributed by atoms with Crippen molar-refractivity contribution in [2.24, 2.45) is 0 Å². The second kappa shape index (κ2) is 10.4. The smallest absolute Gasteiger partial charge is 0.221 e. The highest BCUT2D eigenvalue weighted by atomic mass is 35.5. The summed E-state index contributed by atoms with van der Waals surface area (Å²) in [6, 6.07) is 10.6. The van der Waals surface area contributed by atoms with Crippen LogP contribution in [0.1, 0.15) is 6.42 Å². The molecule has 0 aromatic heterocycles. The van der Waals surface area contributed by atoms with Crippen molar-refractivity contribution >= 4 is 41.8 Å². The van der Waals surface area contributed by atoms with E-state index in [1.807, 2.05) is 30.0 Å². The third-order valence-electron chi connectivity index (χ3n) is 2.87. The van der Waals surface area contributed by atoms with E-state index in [1.54, 1.807) is 11.8 Å². The lowest BCUT2D eigenvalue weighted by molar-refractivity contribution is -0.121. The van der Waals surface area contributed by atoms with Crippen LogP contribution < -0.4 is 10.6 Å². The standard InChI is InChI=1S/C14H20N2OS2.ClH/c17-14(10-12-11-18-8-6-15-12)16-7-9-19-13-4-2-1-3-5-13;/h1-5,12,15H,6-11H2,(H,16,17);1H. The Labute approximate surface area is 135 Å². The van der Waals surface area contributed by atoms with Crippen molar-refractivity contribution in [2.75, 3.05) is 30.3 Å². The molecule has 1 aromatic rings. The summed E-state index contributed by atoms with van der Waals surface area (Å²) in [5.74, 6) is 3.29. The van der Waals surface area contributed by atoms with Crippen molar-refractivity contribution in [1.29, 1.82) is 0 Å². The number of rotatable bonds is 6. The Hall–Kier alpha value is -0.360. The molecule has 0 aliphatic carbocycles. The maximum Gasteiger partial charge on any atom is 0.221 e. The lowest BCUT2D eigenvalue weighted by atomic mass is 10.2. The minimum atomic E-state index is 0. The van der Waals surface area contributed by atoms with Crippen LogP contribution in [0, 0.1) is 0 Å². The first kappa shape index (κ1) is 17.7. The number of carbonyl (C=O) groups is 1. The molecule has 1 heterocycles. The Morgan fingerprint density at radius 2 is 2.20 bits per heavy atom. The number of benzene rings is 1. The molecule has 0 saturated carbocycles. The van der Waals surface area contributed by atoms with Gasteiger partial charge in [-0.05, 0) is 12.1 Å². The number of thioether (sulfide) groups is 2. The minimum Gasteiger partial charge on any atom is -0.355 e. The van der Waals surface area contributed by atoms with Crippen LogP contribution in [0.5, 0.6) is 0 Å². The van der Waals surface area contributed by atoms with Gasteiger partial charge in [0, 0.05) is 47.7 Å². The first-order valence-corrected chi connectivity index (χ1v) is 8.74. The van der Waals surface area contributed by atoms with Crippen LogP contribution in [0.15, 0.2) is 35.2 Å². The van der Waals surface area contributed by atoms with E-state index in [9.17, 15) is 4.79 Å². The fraction of sp³-hybridized carbons (Fsp3) is 0.500. The lowest BCUT2D eigenvalue weighted by Crippen LogP contribution is -2.41. The lowest BCUT2D eigenvalue weighted by Gasteiger charge is -2.22. The SMILES string of the molecule is Cl.O=C(CC1CSCCN1)NCCSc1ccccc1. The molecule has 1 aliphatic rings. The summed E-state index contributed by atoms with van der Waals surface area (Å²) in [5.41, 5.74) is 0. The number of halogens is 1. The van der Waals surface area contributed by atoms with Crippen LogP contribution >= 0.6 is 35.9 Å². The van der Waals surface area contributed by atoms with Crippen LogP contribution in [0.25, 0.3) is 0 Å². The summed E-state index contributed by atoms with van der Waals surface area (Å²) in [6.45, 7) is 1.75. The monoisotopic (exact) mass is 332 g/mol. The van der Waals surface area contributed by atoms with Gasteiger partial charge in [-0.1, -0.05) is 18.2 Å². The van der Waals surface area contributed by atoms with Gasteiger partial charge in [0.05, 0.1) is 0 Å². The van der Waals surface area contributed by atoms with Gasteiger partial charge in [0.1, 0.15) is 0 Å². The predicted octanol–water partition coefficient (Wildman–Crippen LogP) is 2.41. The third kappa shape index (κ3) is 6.88. The average Bonchev–Trinajstić information content (AvgIpc) is 2.46. The summed E-state index contributed by atoms with van der Waals surface area (Å²) in [7, 11) is 0. The number of amides is 1. The van der Waals surface area contributed by atoms with Crippen LogP contribution in [-0.4, -0.2) is 42.3 Å². The van der Waals surface area contributed by atoms with E-state index < -0.39 is 0 Å². The van der Waals surface area contributed by atoms with Crippen molar-refractivity contribution < 1.29 is 4.79 Å². The number of nitrogens with one attached hydrogen (secondary N) is 2. The molecule has 112 valence electrons. The topological polar surface area (TPSA) is 41.1 Å². The molecule has 6 heteroatoms. The van der Waals surface area contributed by atoms with Crippen LogP contribution in [0.2, 0.25) is 0 Å². The molecule has 1 atom stereocenters. The summed E-state index contributed by atoms with van der Waals surface area (Å²) in [6.07, 6.45) is 0.600. The Kier molecular flexibility index (Phi) is 9.18. The van der Waals surface area contributed by atoms with Gasteiger partial charge < -0.3 is 10.6 Å². The van der Waals surface area contributed by atoms with Gasteiger partial charge in [0.15, 0.2) is 0 Å². The van der Waals surface area contributed by atoms with Gasteiger partial charge in [-0.25, -0.2) is 0 Å². The molecule has 2 N–H and O–H groups in total. The van der Waals surface area contributed by atoms with Gasteiger partial charge in [0.2, 0.25) is 5.91 Å². The van der Waals surface area contributed by atoms with E-state index in [1.165, 1.54) is 4.90 Å². The molecule has 1 saturated heterocycles. The fourth-order valence-electron chi connectivity index (χ4n) is 1.92. The van der Waals surface area contributed by atoms with Crippen molar-refractivity contribution in [1.82, 2.24) is 10.6 Å². The first-order valence-electron chi connectivity index (χ1n) is 6.60. The normalized spacial score (nSPS) is 18.1. The van der Waals surface area contributed by atoms with Gasteiger partial charge in [-0.15, -0.1) is 24.2 Å². The highest BCUT2D eigenvalue weighted by Gasteiger charge is 2.16. The zero-order chi connectivity index (χ0) is 13.3. The largest absolute Gasteiger partial charge is 0.355 e. The Balaban J connectivity index is 0.00000200. The van der Waals surface area contributed by atoms with E-state index in [0.717, 1.165) is 30.3 Å². The van der Waals surface area contributed by atoms with Gasteiger partial charge >= 0.3 is 0 Å². The fourth-order valence-corrected chi connectivity index (χ4v) is 3.66. The van der Waals surface area contributed by atoms with E-state index in [4.69, 9.17) is 0 Å². The highest BCUT2D eigenvalue weighted by Crippen LogP contribution is 2.15. The van der Waals surface area contributed by atoms with Gasteiger partial charge in [-0.2, -0.15) is 11.8 Å². The second-order valence-corrected chi connectivity index (χ2v) is 6.76. The predicted molar refractivity (Wildman–Crippen MR) is 91.2 cm³/mol. The summed E-state index contributed by atoms with van der Waals surface area (Å²) in [5, 5.41) is 6.37. The molecule has 1 amide bonds. The maximum atomic E-state index is 11.8. The van der Waals surface area contributed by atoms with Gasteiger partial charge in [-0.3, -0.25) is 4.79 Å². The van der Waals surface area contributed by atoms with Crippen molar-refractivity contribution in [3.63, 3.8) is 0 Å². The second-order valence-electron chi connectivity index (χ2n) is 4.44. The van der Waals surface area contributed by atoms with E-state index in [-0.39, 0.29) is 18.3 Å². The third-order valence-corrected chi connectivity index (χ3v) is 5.01. The van der Waals surface area contributed by atoms with E-state index in [0.29, 0.717) is 12.5 Å². The van der Waals surface area contributed by atoms with Gasteiger partial charge in [0.25, 0.3) is 0 Å². The molecule has 20 heavy (non-hydrogen) atoms. The molecule has 0 bridgehead atoms. The maximum absolute atomic E-state index is 11.8. The van der Waals surface area contributed by atoms with Crippen LogP contribution in [0.3, 0.4) is 0 Å². The van der Waals surface area contributed by atoms with E-state index in [2.05, 4.69) is 22.8 Å². The molecular formula is C14H21ClN2OS2. The molecule has 1 unspecified atom stereocenters. The molecule has 0 radical (unpaired) electrons. The Morgan fingerprint density at radius 3 is 2.90 bits per heavy atom. The van der Waals surface area contributed by atoms with Crippen LogP contribution in [-0.2, 0) is 4.79 Å². The molecule has 0 spiro atoms. The zero-order valence-corrected chi connectivity index (χ0v) is 13.8. The summed E-state index contributed by atoms with van der Waals surface area (Å²) in [4.78, 5) is 13.0. The molecule has 3 nitrogen and oxygen atoms in total. The molecule has 1 aliphatic heterocycles. The van der Waals surface area contributed by atoms with Crippen LogP contribution in [0.4, 0.5) is 0 Å². The highest BCUT2D eigenvalue weighted by molar-refractivity contribution is 7.99. The van der Waals surface area contributed by atoms with Crippen molar-refractivity contribution in [3.05, 3.63) is 30.3 Å². The quantitative estimate of drug-likeness (QED) is 0.620. The average molecular weight is 333 g/mol. The molecule has 1 aromatic carbocycles. The zero-order valence-electron chi connectivity index (χ0n) is 11.3. The Morgan fingerprint density at radius 1 is 1.40 bits per heavy atom. The minimum absolute atomic E-state index is 0. The van der Waals surface area contributed by atoms with E-state index >= 15 is 0 Å². The number of carbonyl (C=O) groups excluding carboxylic acids is 1. The summed E-state index contributed by atoms with van der Waals surface area (Å²) < 4.78 is 0. The molecule has 2 rings (SSSR count). The van der Waals surface area contributed by atoms with Crippen molar-refractivity contribution in [3.8, 4) is 0 Å². The number of hydrogen-bond acceptors (Lipinski definition) is 4. The summed E-state index contributed by atoms with van der Waals surface area (Å²) >= 11 is 3.70. The van der Waals surface area contributed by atoms with Crippen molar-refractivity contribution in [2.45, 2.75) is 17.4 Å². The first-order chi connectivity index (χ1) is 9.34.